The maximum atomic E-state index is 11.1. The summed E-state index contributed by atoms with van der Waals surface area (Å²) >= 11 is 6.67. The lowest BCUT2D eigenvalue weighted by Gasteiger charge is -2.06. The van der Waals surface area contributed by atoms with Crippen molar-refractivity contribution < 1.29 is 9.90 Å². The van der Waals surface area contributed by atoms with E-state index in [9.17, 15) is 4.79 Å². The quantitative estimate of drug-likeness (QED) is 0.856. The number of carboxylic acids is 1. The van der Waals surface area contributed by atoms with E-state index in [1.165, 1.54) is 0 Å². The molecule has 1 N–H and O–H groups in total. The molecule has 0 aliphatic carbocycles. The minimum Gasteiger partial charge on any atom is -0.478 e. The Hall–Kier alpha value is -0.870. The third-order valence-electron chi connectivity index (χ3n) is 2.16. The molecule has 0 bridgehead atoms. The van der Waals surface area contributed by atoms with Crippen molar-refractivity contribution in [3.05, 3.63) is 44.8 Å². The molecule has 0 saturated heterocycles. The van der Waals surface area contributed by atoms with Crippen LogP contribution in [0.15, 0.2) is 39.3 Å². The monoisotopic (exact) mass is 328 g/mol. The average molecular weight is 330 g/mol. The summed E-state index contributed by atoms with van der Waals surface area (Å²) in [6.45, 7) is 0. The molecule has 15 heavy (non-hydrogen) atoms. The zero-order valence-corrected chi connectivity index (χ0v) is 10.7. The predicted molar refractivity (Wildman–Crippen MR) is 66.3 cm³/mol. The van der Waals surface area contributed by atoms with Gasteiger partial charge in [0.15, 0.2) is 0 Å². The highest BCUT2D eigenvalue weighted by Gasteiger charge is 2.14. The van der Waals surface area contributed by atoms with Gasteiger partial charge in [0.1, 0.15) is 0 Å². The van der Waals surface area contributed by atoms with Crippen LogP contribution in [0.5, 0.6) is 0 Å². The first-order chi connectivity index (χ1) is 7.11. The lowest BCUT2D eigenvalue weighted by Crippen LogP contribution is -1.99. The Labute approximate surface area is 103 Å². The van der Waals surface area contributed by atoms with Crippen LogP contribution in [0.3, 0.4) is 0 Å². The first kappa shape index (κ1) is 10.6. The van der Waals surface area contributed by atoms with Crippen molar-refractivity contribution in [3.8, 4) is 0 Å². The molecule has 2 nitrogen and oxygen atoms in total. The standard InChI is InChI=1S/C11H6Br2O2/c12-8-5-9(13)10(11(14)15)7-4-2-1-3-6(7)8/h1-5H,(H,14,15). The second-order valence-electron chi connectivity index (χ2n) is 3.07. The Balaban J connectivity index is 2.96. The summed E-state index contributed by atoms with van der Waals surface area (Å²) in [7, 11) is 0. The molecule has 0 saturated carbocycles. The summed E-state index contributed by atoms with van der Waals surface area (Å²) in [5, 5.41) is 10.7. The van der Waals surface area contributed by atoms with E-state index in [1.54, 1.807) is 12.1 Å². The van der Waals surface area contributed by atoms with Crippen LogP contribution >= 0.6 is 31.9 Å². The molecule has 0 unspecified atom stereocenters. The van der Waals surface area contributed by atoms with Gasteiger partial charge in [-0.15, -0.1) is 0 Å². The van der Waals surface area contributed by atoms with E-state index in [4.69, 9.17) is 5.11 Å². The van der Waals surface area contributed by atoms with Crippen LogP contribution in [-0.4, -0.2) is 11.1 Å². The molecule has 2 aromatic carbocycles. The number of rotatable bonds is 1. The van der Waals surface area contributed by atoms with Gasteiger partial charge in [-0.2, -0.15) is 0 Å². The van der Waals surface area contributed by atoms with Gasteiger partial charge >= 0.3 is 5.97 Å². The van der Waals surface area contributed by atoms with E-state index < -0.39 is 5.97 Å². The van der Waals surface area contributed by atoms with E-state index in [0.29, 0.717) is 10.0 Å². The number of hydrogen-bond donors (Lipinski definition) is 1. The van der Waals surface area contributed by atoms with Gasteiger partial charge in [0, 0.05) is 8.95 Å². The number of fused-ring (bicyclic) bond motifs is 1. The number of carbonyl (C=O) groups is 1. The van der Waals surface area contributed by atoms with E-state index in [0.717, 1.165) is 15.2 Å². The molecule has 2 aromatic rings. The molecule has 0 heterocycles. The molecule has 0 aliphatic rings. The highest BCUT2D eigenvalue weighted by atomic mass is 79.9. The summed E-state index contributed by atoms with van der Waals surface area (Å²) in [5.41, 5.74) is 0.300. The van der Waals surface area contributed by atoms with E-state index in [-0.39, 0.29) is 0 Å². The van der Waals surface area contributed by atoms with Gasteiger partial charge < -0.3 is 5.11 Å². The number of halogens is 2. The van der Waals surface area contributed by atoms with Crippen molar-refractivity contribution in [2.75, 3.05) is 0 Å². The third-order valence-corrected chi connectivity index (χ3v) is 3.44. The van der Waals surface area contributed by atoms with Gasteiger partial charge in [0.25, 0.3) is 0 Å². The Morgan fingerprint density at radius 3 is 2.27 bits per heavy atom. The molecule has 0 radical (unpaired) electrons. The summed E-state index contributed by atoms with van der Waals surface area (Å²) in [6.07, 6.45) is 0. The molecular formula is C11H6Br2O2. The second-order valence-corrected chi connectivity index (χ2v) is 4.77. The number of hydrogen-bond acceptors (Lipinski definition) is 1. The summed E-state index contributed by atoms with van der Waals surface area (Å²) in [6, 6.07) is 9.15. The molecule has 0 spiro atoms. The van der Waals surface area contributed by atoms with E-state index >= 15 is 0 Å². The van der Waals surface area contributed by atoms with Crippen LogP contribution < -0.4 is 0 Å². The summed E-state index contributed by atoms with van der Waals surface area (Å²) in [4.78, 5) is 11.1. The van der Waals surface area contributed by atoms with Gasteiger partial charge in [-0.25, -0.2) is 4.79 Å². The second kappa shape index (κ2) is 3.94. The van der Waals surface area contributed by atoms with Crippen LogP contribution in [0.1, 0.15) is 10.4 Å². The van der Waals surface area contributed by atoms with Crippen LogP contribution in [-0.2, 0) is 0 Å². The predicted octanol–water partition coefficient (Wildman–Crippen LogP) is 4.06. The van der Waals surface area contributed by atoms with Crippen LogP contribution in [0.25, 0.3) is 10.8 Å². The van der Waals surface area contributed by atoms with Crippen LogP contribution in [0.4, 0.5) is 0 Å². The number of carboxylic acid groups (broad SMARTS) is 1. The molecule has 4 heteroatoms. The lowest BCUT2D eigenvalue weighted by molar-refractivity contribution is 0.0698. The van der Waals surface area contributed by atoms with Gasteiger partial charge in [0.2, 0.25) is 0 Å². The molecule has 0 aromatic heterocycles. The lowest BCUT2D eigenvalue weighted by atomic mass is 10.0. The molecule has 0 fully saturated rings. The Kier molecular flexibility index (Phi) is 2.80. The van der Waals surface area contributed by atoms with Gasteiger partial charge in [0.05, 0.1) is 5.56 Å². The van der Waals surface area contributed by atoms with Crippen molar-refractivity contribution in [1.29, 1.82) is 0 Å². The Morgan fingerprint density at radius 2 is 1.67 bits per heavy atom. The smallest absolute Gasteiger partial charge is 0.337 e. The minimum absolute atomic E-state index is 0.300. The number of aromatic carboxylic acids is 1. The molecule has 0 atom stereocenters. The zero-order chi connectivity index (χ0) is 11.0. The third kappa shape index (κ3) is 1.79. The maximum Gasteiger partial charge on any atom is 0.337 e. The first-order valence-electron chi connectivity index (χ1n) is 4.21. The highest BCUT2D eigenvalue weighted by Crippen LogP contribution is 2.32. The van der Waals surface area contributed by atoms with Crippen LogP contribution in [0.2, 0.25) is 0 Å². The zero-order valence-electron chi connectivity index (χ0n) is 7.50. The molecule has 0 amide bonds. The first-order valence-corrected chi connectivity index (χ1v) is 5.80. The van der Waals surface area contributed by atoms with Crippen molar-refractivity contribution in [3.63, 3.8) is 0 Å². The fourth-order valence-electron chi connectivity index (χ4n) is 1.52. The summed E-state index contributed by atoms with van der Waals surface area (Å²) in [5.74, 6) is -0.925. The molecular weight excluding hydrogens is 324 g/mol. The van der Waals surface area contributed by atoms with Crippen molar-refractivity contribution in [2.24, 2.45) is 0 Å². The van der Waals surface area contributed by atoms with E-state index in [2.05, 4.69) is 31.9 Å². The molecule has 76 valence electrons. The molecule has 2 rings (SSSR count). The highest BCUT2D eigenvalue weighted by molar-refractivity contribution is 9.11. The fourth-order valence-corrected chi connectivity index (χ4v) is 3.01. The normalized spacial score (nSPS) is 10.5. The van der Waals surface area contributed by atoms with Crippen molar-refractivity contribution in [2.45, 2.75) is 0 Å². The van der Waals surface area contributed by atoms with Gasteiger partial charge in [-0.1, -0.05) is 40.2 Å². The topological polar surface area (TPSA) is 37.3 Å². The minimum atomic E-state index is -0.925. The van der Waals surface area contributed by atoms with Crippen molar-refractivity contribution in [1.82, 2.24) is 0 Å². The van der Waals surface area contributed by atoms with Gasteiger partial charge in [-0.3, -0.25) is 0 Å². The summed E-state index contributed by atoms with van der Waals surface area (Å²) < 4.78 is 1.47. The molecule has 0 aliphatic heterocycles. The van der Waals surface area contributed by atoms with E-state index in [1.807, 2.05) is 18.2 Å². The van der Waals surface area contributed by atoms with Gasteiger partial charge in [-0.05, 0) is 32.8 Å². The fraction of sp³-hybridized carbons (Fsp3) is 0. The number of benzene rings is 2. The van der Waals surface area contributed by atoms with Crippen LogP contribution in [0, 0.1) is 0 Å². The SMILES string of the molecule is O=C(O)c1c(Br)cc(Br)c2ccccc12. The Bertz CT molecular complexity index is 550. The average Bonchev–Trinajstić information content (AvgIpc) is 2.17. The maximum absolute atomic E-state index is 11.1. The Morgan fingerprint density at radius 1 is 1.07 bits per heavy atom. The largest absolute Gasteiger partial charge is 0.478 e. The van der Waals surface area contributed by atoms with Crippen molar-refractivity contribution >= 4 is 48.6 Å².